The van der Waals surface area contributed by atoms with E-state index in [0.29, 0.717) is 25.9 Å². The van der Waals surface area contributed by atoms with Gasteiger partial charge in [0.1, 0.15) is 17.8 Å². The standard InChI is InChI=1S/C11H12F3N3O2/c12-11(13,14)8-5-9(16-6-15-8)17-3-1-7(2-4-17)10(18)19/h5-7H,1-4H2,(H,18,19). The predicted octanol–water partition coefficient (Wildman–Crippen LogP) is 1.80. The number of alkyl halides is 3. The number of halogens is 3. The predicted molar refractivity (Wildman–Crippen MR) is 59.6 cm³/mol. The highest BCUT2D eigenvalue weighted by Crippen LogP contribution is 2.30. The van der Waals surface area contributed by atoms with Gasteiger partial charge in [0.15, 0.2) is 0 Å². The van der Waals surface area contributed by atoms with E-state index in [1.807, 2.05) is 0 Å². The maximum Gasteiger partial charge on any atom is 0.433 e. The minimum Gasteiger partial charge on any atom is -0.481 e. The largest absolute Gasteiger partial charge is 0.481 e. The van der Waals surface area contributed by atoms with E-state index >= 15 is 0 Å². The maximum atomic E-state index is 12.5. The van der Waals surface area contributed by atoms with Crippen molar-refractivity contribution in [1.29, 1.82) is 0 Å². The summed E-state index contributed by atoms with van der Waals surface area (Å²) in [6, 6.07) is 0.890. The number of anilines is 1. The van der Waals surface area contributed by atoms with Crippen molar-refractivity contribution in [2.24, 2.45) is 5.92 Å². The average Bonchev–Trinajstić information content (AvgIpc) is 2.38. The highest BCUT2D eigenvalue weighted by Gasteiger charge is 2.33. The van der Waals surface area contributed by atoms with Gasteiger partial charge in [0.05, 0.1) is 5.92 Å². The van der Waals surface area contributed by atoms with Gasteiger partial charge < -0.3 is 10.0 Å². The van der Waals surface area contributed by atoms with Crippen LogP contribution in [0.4, 0.5) is 19.0 Å². The number of carboxylic acids is 1. The van der Waals surface area contributed by atoms with E-state index in [0.717, 1.165) is 12.4 Å². The Morgan fingerprint density at radius 3 is 2.47 bits per heavy atom. The molecule has 0 radical (unpaired) electrons. The third kappa shape index (κ3) is 3.12. The molecule has 2 heterocycles. The Morgan fingerprint density at radius 2 is 1.95 bits per heavy atom. The van der Waals surface area contributed by atoms with E-state index in [4.69, 9.17) is 5.11 Å². The number of hydrogen-bond donors (Lipinski definition) is 1. The highest BCUT2D eigenvalue weighted by atomic mass is 19.4. The molecule has 1 saturated heterocycles. The quantitative estimate of drug-likeness (QED) is 0.891. The van der Waals surface area contributed by atoms with Gasteiger partial charge in [-0.25, -0.2) is 9.97 Å². The van der Waals surface area contributed by atoms with Crippen LogP contribution < -0.4 is 4.90 Å². The fraction of sp³-hybridized carbons (Fsp3) is 0.545. The van der Waals surface area contributed by atoms with Gasteiger partial charge in [-0.3, -0.25) is 4.79 Å². The summed E-state index contributed by atoms with van der Waals surface area (Å²) in [7, 11) is 0. The molecule has 1 aromatic rings. The third-order valence-electron chi connectivity index (χ3n) is 3.11. The summed E-state index contributed by atoms with van der Waals surface area (Å²) in [6.07, 6.45) is -2.82. The van der Waals surface area contributed by atoms with Crippen LogP contribution in [0.25, 0.3) is 0 Å². The normalized spacial score (nSPS) is 17.5. The van der Waals surface area contributed by atoms with Crippen LogP contribution in [-0.2, 0) is 11.0 Å². The van der Waals surface area contributed by atoms with Gasteiger partial charge in [-0.2, -0.15) is 13.2 Å². The molecule has 5 nitrogen and oxygen atoms in total. The topological polar surface area (TPSA) is 66.3 Å². The zero-order chi connectivity index (χ0) is 14.0. The fourth-order valence-electron chi connectivity index (χ4n) is 2.03. The molecule has 19 heavy (non-hydrogen) atoms. The second-order valence-corrected chi connectivity index (χ2v) is 4.36. The van der Waals surface area contributed by atoms with Crippen molar-refractivity contribution in [2.75, 3.05) is 18.0 Å². The molecule has 1 fully saturated rings. The summed E-state index contributed by atoms with van der Waals surface area (Å²) in [5.74, 6) is -1.11. The van der Waals surface area contributed by atoms with Crippen LogP contribution in [-0.4, -0.2) is 34.1 Å². The lowest BCUT2D eigenvalue weighted by molar-refractivity contribution is -0.142. The molecule has 0 saturated carbocycles. The molecule has 1 aliphatic rings. The summed E-state index contributed by atoms with van der Waals surface area (Å²) in [6.45, 7) is 0.760. The van der Waals surface area contributed by atoms with Crippen molar-refractivity contribution in [3.63, 3.8) is 0 Å². The highest BCUT2D eigenvalue weighted by molar-refractivity contribution is 5.70. The molecule has 0 atom stereocenters. The van der Waals surface area contributed by atoms with Crippen molar-refractivity contribution in [3.8, 4) is 0 Å². The summed E-state index contributed by atoms with van der Waals surface area (Å²) in [5.41, 5.74) is -0.988. The van der Waals surface area contributed by atoms with Gasteiger partial charge in [-0.05, 0) is 12.8 Å². The third-order valence-corrected chi connectivity index (χ3v) is 3.11. The molecule has 1 aliphatic heterocycles. The van der Waals surface area contributed by atoms with Crippen molar-refractivity contribution in [2.45, 2.75) is 19.0 Å². The van der Waals surface area contributed by atoms with Crippen molar-refractivity contribution in [1.82, 2.24) is 9.97 Å². The smallest absolute Gasteiger partial charge is 0.433 e. The van der Waals surface area contributed by atoms with Gasteiger partial charge >= 0.3 is 12.1 Å². The zero-order valence-corrected chi connectivity index (χ0v) is 9.89. The van der Waals surface area contributed by atoms with E-state index in [-0.39, 0.29) is 5.82 Å². The number of carboxylic acid groups (broad SMARTS) is 1. The van der Waals surface area contributed by atoms with Crippen LogP contribution in [0.1, 0.15) is 18.5 Å². The summed E-state index contributed by atoms with van der Waals surface area (Å²) < 4.78 is 37.5. The average molecular weight is 275 g/mol. The first-order valence-corrected chi connectivity index (χ1v) is 5.75. The minimum atomic E-state index is -4.50. The lowest BCUT2D eigenvalue weighted by atomic mass is 9.97. The number of rotatable bonds is 2. The fourth-order valence-corrected chi connectivity index (χ4v) is 2.03. The van der Waals surface area contributed by atoms with Crippen LogP contribution in [0.3, 0.4) is 0 Å². The molecule has 0 amide bonds. The van der Waals surface area contributed by atoms with Crippen LogP contribution in [0.2, 0.25) is 0 Å². The first-order valence-electron chi connectivity index (χ1n) is 5.75. The number of hydrogen-bond acceptors (Lipinski definition) is 4. The molecule has 0 aromatic carbocycles. The van der Waals surface area contributed by atoms with Crippen LogP contribution >= 0.6 is 0 Å². The Morgan fingerprint density at radius 1 is 1.32 bits per heavy atom. The molecule has 0 bridgehead atoms. The molecule has 0 aliphatic carbocycles. The first-order chi connectivity index (χ1) is 8.88. The van der Waals surface area contributed by atoms with Crippen LogP contribution in [0, 0.1) is 5.92 Å². The Bertz CT molecular complexity index is 470. The van der Waals surface area contributed by atoms with E-state index < -0.39 is 23.8 Å². The molecule has 1 N–H and O–H groups in total. The van der Waals surface area contributed by atoms with Crippen LogP contribution in [0.15, 0.2) is 12.4 Å². The number of nitrogens with zero attached hydrogens (tertiary/aromatic N) is 3. The number of piperidine rings is 1. The van der Waals surface area contributed by atoms with Crippen molar-refractivity contribution < 1.29 is 23.1 Å². The Hall–Kier alpha value is -1.86. The molecule has 1 aromatic heterocycles. The molecule has 0 spiro atoms. The molecular weight excluding hydrogens is 263 g/mol. The Labute approximate surface area is 107 Å². The van der Waals surface area contributed by atoms with E-state index in [1.165, 1.54) is 0 Å². The summed E-state index contributed by atoms with van der Waals surface area (Å²) >= 11 is 0. The van der Waals surface area contributed by atoms with Gasteiger partial charge in [-0.1, -0.05) is 0 Å². The molecule has 8 heteroatoms. The molecule has 0 unspecified atom stereocenters. The molecule has 2 rings (SSSR count). The van der Waals surface area contributed by atoms with Crippen LogP contribution in [0.5, 0.6) is 0 Å². The van der Waals surface area contributed by atoms with Gasteiger partial charge in [0, 0.05) is 19.2 Å². The second kappa shape index (κ2) is 5.02. The van der Waals surface area contributed by atoms with Gasteiger partial charge in [0.2, 0.25) is 0 Å². The lowest BCUT2D eigenvalue weighted by Crippen LogP contribution is -2.37. The lowest BCUT2D eigenvalue weighted by Gasteiger charge is -2.31. The monoisotopic (exact) mass is 275 g/mol. The van der Waals surface area contributed by atoms with Gasteiger partial charge in [0.25, 0.3) is 0 Å². The molecular formula is C11H12F3N3O2. The van der Waals surface area contributed by atoms with E-state index in [9.17, 15) is 18.0 Å². The zero-order valence-electron chi connectivity index (χ0n) is 9.89. The first kappa shape index (κ1) is 13.6. The Balaban J connectivity index is 2.10. The number of aromatic nitrogens is 2. The SMILES string of the molecule is O=C(O)C1CCN(c2cc(C(F)(F)F)ncn2)CC1. The minimum absolute atomic E-state index is 0.186. The summed E-state index contributed by atoms with van der Waals surface area (Å²) in [4.78, 5) is 19.4. The summed E-state index contributed by atoms with van der Waals surface area (Å²) in [5, 5.41) is 8.85. The van der Waals surface area contributed by atoms with E-state index in [2.05, 4.69) is 9.97 Å². The maximum absolute atomic E-state index is 12.5. The molecule has 104 valence electrons. The van der Waals surface area contributed by atoms with Crippen molar-refractivity contribution >= 4 is 11.8 Å². The number of aliphatic carboxylic acids is 1. The van der Waals surface area contributed by atoms with Gasteiger partial charge in [-0.15, -0.1) is 0 Å². The van der Waals surface area contributed by atoms with Crippen molar-refractivity contribution in [3.05, 3.63) is 18.1 Å². The second-order valence-electron chi connectivity index (χ2n) is 4.36. The van der Waals surface area contributed by atoms with E-state index in [1.54, 1.807) is 4.90 Å². The Kier molecular flexibility index (Phi) is 3.59. The number of carbonyl (C=O) groups is 1.